The summed E-state index contributed by atoms with van der Waals surface area (Å²) < 4.78 is 6.85. The van der Waals surface area contributed by atoms with Crippen LogP contribution in [0.15, 0.2) is 72.3 Å². The van der Waals surface area contributed by atoms with Gasteiger partial charge in [0.2, 0.25) is 5.16 Å². The fourth-order valence-electron chi connectivity index (χ4n) is 2.79. The fraction of sp³-hybridized carbons (Fsp3) is 0.143. The Balaban J connectivity index is 1.55. The zero-order chi connectivity index (χ0) is 19.3. The number of thioether (sulfide) groups is 1. The van der Waals surface area contributed by atoms with Gasteiger partial charge >= 0.3 is 5.97 Å². The third-order valence-electron chi connectivity index (χ3n) is 4.14. The SMILES string of the molecule is CCOC(=O)c1ccc(CSc2nc(-c3cccnc3)c3cccn3n2)cc1. The van der Waals surface area contributed by atoms with E-state index in [4.69, 9.17) is 9.72 Å². The minimum Gasteiger partial charge on any atom is -0.462 e. The first-order chi connectivity index (χ1) is 13.7. The predicted molar refractivity (Wildman–Crippen MR) is 108 cm³/mol. The number of benzene rings is 1. The normalized spacial score (nSPS) is 10.9. The molecule has 0 aliphatic carbocycles. The number of hydrogen-bond acceptors (Lipinski definition) is 6. The summed E-state index contributed by atoms with van der Waals surface area (Å²) in [6.07, 6.45) is 5.46. The van der Waals surface area contributed by atoms with Crippen LogP contribution in [0.2, 0.25) is 0 Å². The molecule has 0 atom stereocenters. The number of hydrogen-bond donors (Lipinski definition) is 0. The molecule has 4 rings (SSSR count). The number of aromatic nitrogens is 4. The van der Waals surface area contributed by atoms with Gasteiger partial charge in [-0.3, -0.25) is 4.98 Å². The lowest BCUT2D eigenvalue weighted by Gasteiger charge is -2.07. The highest BCUT2D eigenvalue weighted by atomic mass is 32.2. The van der Waals surface area contributed by atoms with Crippen molar-refractivity contribution >= 4 is 23.2 Å². The van der Waals surface area contributed by atoms with E-state index < -0.39 is 0 Å². The quantitative estimate of drug-likeness (QED) is 0.362. The molecule has 0 bridgehead atoms. The molecule has 0 unspecified atom stereocenters. The maximum Gasteiger partial charge on any atom is 0.338 e. The molecule has 140 valence electrons. The molecule has 0 saturated carbocycles. The second kappa shape index (κ2) is 8.22. The Morgan fingerprint density at radius 2 is 2.00 bits per heavy atom. The van der Waals surface area contributed by atoms with Gasteiger partial charge in [-0.1, -0.05) is 23.9 Å². The molecule has 6 nitrogen and oxygen atoms in total. The zero-order valence-electron chi connectivity index (χ0n) is 15.3. The molecule has 0 N–H and O–H groups in total. The molecule has 3 heterocycles. The Hall–Kier alpha value is -3.19. The molecule has 0 aliphatic heterocycles. The molecule has 0 radical (unpaired) electrons. The van der Waals surface area contributed by atoms with Crippen LogP contribution in [0.25, 0.3) is 16.8 Å². The zero-order valence-corrected chi connectivity index (χ0v) is 16.1. The van der Waals surface area contributed by atoms with Crippen molar-refractivity contribution in [1.29, 1.82) is 0 Å². The highest BCUT2D eigenvalue weighted by Crippen LogP contribution is 2.26. The van der Waals surface area contributed by atoms with Gasteiger partial charge in [0.15, 0.2) is 0 Å². The first-order valence-electron chi connectivity index (χ1n) is 8.89. The largest absolute Gasteiger partial charge is 0.462 e. The van der Waals surface area contributed by atoms with E-state index in [1.165, 1.54) is 0 Å². The second-order valence-electron chi connectivity index (χ2n) is 6.03. The molecule has 0 amide bonds. The summed E-state index contributed by atoms with van der Waals surface area (Å²) in [6, 6.07) is 15.2. The smallest absolute Gasteiger partial charge is 0.338 e. The van der Waals surface area contributed by atoms with Gasteiger partial charge in [0.05, 0.1) is 17.7 Å². The number of carbonyl (C=O) groups is 1. The molecule has 1 aromatic carbocycles. The number of carbonyl (C=O) groups excluding carboxylic acids is 1. The van der Waals surface area contributed by atoms with E-state index in [9.17, 15) is 4.79 Å². The lowest BCUT2D eigenvalue weighted by Crippen LogP contribution is -2.04. The van der Waals surface area contributed by atoms with Crippen LogP contribution in [0, 0.1) is 0 Å². The number of ether oxygens (including phenoxy) is 1. The Kier molecular flexibility index (Phi) is 5.34. The van der Waals surface area contributed by atoms with Gasteiger partial charge in [-0.25, -0.2) is 14.3 Å². The minimum absolute atomic E-state index is 0.302. The molecule has 0 fully saturated rings. The first kappa shape index (κ1) is 18.2. The minimum atomic E-state index is -0.302. The lowest BCUT2D eigenvalue weighted by atomic mass is 10.1. The van der Waals surface area contributed by atoms with E-state index in [-0.39, 0.29) is 5.97 Å². The maximum atomic E-state index is 11.8. The second-order valence-corrected chi connectivity index (χ2v) is 6.97. The Bertz CT molecular complexity index is 1090. The van der Waals surface area contributed by atoms with Crippen molar-refractivity contribution in [3.05, 3.63) is 78.2 Å². The van der Waals surface area contributed by atoms with Crippen molar-refractivity contribution in [3.63, 3.8) is 0 Å². The monoisotopic (exact) mass is 390 g/mol. The van der Waals surface area contributed by atoms with Crippen molar-refractivity contribution < 1.29 is 9.53 Å². The van der Waals surface area contributed by atoms with E-state index in [0.717, 1.165) is 22.3 Å². The highest BCUT2D eigenvalue weighted by molar-refractivity contribution is 7.98. The van der Waals surface area contributed by atoms with Crippen LogP contribution in [-0.4, -0.2) is 32.2 Å². The van der Waals surface area contributed by atoms with Crippen LogP contribution >= 0.6 is 11.8 Å². The van der Waals surface area contributed by atoms with Gasteiger partial charge in [-0.15, -0.1) is 5.10 Å². The van der Waals surface area contributed by atoms with Gasteiger partial charge in [0.25, 0.3) is 0 Å². The summed E-state index contributed by atoms with van der Waals surface area (Å²) in [5, 5.41) is 5.26. The Morgan fingerprint density at radius 3 is 2.75 bits per heavy atom. The van der Waals surface area contributed by atoms with E-state index in [2.05, 4.69) is 10.1 Å². The summed E-state index contributed by atoms with van der Waals surface area (Å²) in [5.74, 6) is 0.395. The van der Waals surface area contributed by atoms with Crippen molar-refractivity contribution in [1.82, 2.24) is 19.6 Å². The van der Waals surface area contributed by atoms with Gasteiger partial charge in [-0.2, -0.15) is 0 Å². The molecule has 3 aromatic heterocycles. The number of fused-ring (bicyclic) bond motifs is 1. The van der Waals surface area contributed by atoms with Crippen LogP contribution in [0.1, 0.15) is 22.8 Å². The van der Waals surface area contributed by atoms with Crippen molar-refractivity contribution in [2.75, 3.05) is 6.61 Å². The predicted octanol–water partition coefficient (Wildman–Crippen LogP) is 4.26. The molecule has 4 aromatic rings. The lowest BCUT2D eigenvalue weighted by molar-refractivity contribution is 0.0526. The third-order valence-corrected chi connectivity index (χ3v) is 5.05. The standard InChI is InChI=1S/C21H18N4O2S/c1-2-27-20(26)16-9-7-15(8-10-16)14-28-21-23-19(17-5-3-11-22-13-17)18-6-4-12-25(18)24-21/h3-13H,2,14H2,1H3. The van der Waals surface area contributed by atoms with Crippen LogP contribution < -0.4 is 0 Å². The molecule has 0 spiro atoms. The van der Waals surface area contributed by atoms with Crippen LogP contribution in [0.3, 0.4) is 0 Å². The molecule has 0 saturated heterocycles. The first-order valence-corrected chi connectivity index (χ1v) is 9.88. The van der Waals surface area contributed by atoms with Gasteiger partial charge in [-0.05, 0) is 48.9 Å². The van der Waals surface area contributed by atoms with E-state index in [1.807, 2.05) is 47.1 Å². The van der Waals surface area contributed by atoms with Crippen LogP contribution in [0.5, 0.6) is 0 Å². The average Bonchev–Trinajstić information content (AvgIpc) is 3.21. The summed E-state index contributed by atoms with van der Waals surface area (Å²) in [7, 11) is 0. The maximum absolute atomic E-state index is 11.8. The summed E-state index contributed by atoms with van der Waals surface area (Å²) in [6.45, 7) is 2.17. The fourth-order valence-corrected chi connectivity index (χ4v) is 3.58. The van der Waals surface area contributed by atoms with Gasteiger partial charge in [0.1, 0.15) is 5.69 Å². The van der Waals surface area contributed by atoms with Crippen LogP contribution in [0.4, 0.5) is 0 Å². The summed E-state index contributed by atoms with van der Waals surface area (Å²) >= 11 is 1.55. The van der Waals surface area contributed by atoms with Crippen LogP contribution in [-0.2, 0) is 10.5 Å². The summed E-state index contributed by atoms with van der Waals surface area (Å²) in [5.41, 5.74) is 4.38. The van der Waals surface area contributed by atoms with E-state index in [1.54, 1.807) is 43.2 Å². The van der Waals surface area contributed by atoms with E-state index in [0.29, 0.717) is 23.1 Å². The topological polar surface area (TPSA) is 69.4 Å². The number of rotatable bonds is 6. The van der Waals surface area contributed by atoms with Crippen molar-refractivity contribution in [3.8, 4) is 11.3 Å². The molecular formula is C21H18N4O2S. The Labute approximate surface area is 166 Å². The Morgan fingerprint density at radius 1 is 1.14 bits per heavy atom. The van der Waals surface area contributed by atoms with E-state index >= 15 is 0 Å². The number of pyridine rings is 1. The summed E-state index contributed by atoms with van der Waals surface area (Å²) in [4.78, 5) is 20.7. The molecular weight excluding hydrogens is 372 g/mol. The van der Waals surface area contributed by atoms with Crippen molar-refractivity contribution in [2.45, 2.75) is 17.8 Å². The molecule has 28 heavy (non-hydrogen) atoms. The van der Waals surface area contributed by atoms with Gasteiger partial charge in [0, 0.05) is 29.9 Å². The third kappa shape index (κ3) is 3.89. The highest BCUT2D eigenvalue weighted by Gasteiger charge is 2.11. The van der Waals surface area contributed by atoms with Gasteiger partial charge < -0.3 is 4.74 Å². The number of esters is 1. The average molecular weight is 390 g/mol. The molecule has 7 heteroatoms. The number of nitrogens with zero attached hydrogens (tertiary/aromatic N) is 4. The van der Waals surface area contributed by atoms with Crippen molar-refractivity contribution in [2.24, 2.45) is 0 Å². The molecule has 0 aliphatic rings.